The van der Waals surface area contributed by atoms with Gasteiger partial charge in [-0.05, 0) is 21.8 Å². The highest BCUT2D eigenvalue weighted by Gasteiger charge is 2.50. The average Bonchev–Trinajstić information content (AvgIpc) is 2.86. The molecule has 2 aromatic rings. The van der Waals surface area contributed by atoms with E-state index in [4.69, 9.17) is 18.6 Å². The summed E-state index contributed by atoms with van der Waals surface area (Å²) in [5, 5.41) is 2.38. The van der Waals surface area contributed by atoms with Crippen LogP contribution in [0.3, 0.4) is 0 Å². The van der Waals surface area contributed by atoms with Crippen LogP contribution in [0.1, 0.15) is 59.8 Å². The Morgan fingerprint density at radius 1 is 0.947 bits per heavy atom. The van der Waals surface area contributed by atoms with Crippen LogP contribution < -0.4 is 10.4 Å². The Balaban J connectivity index is 1.51. The number of rotatable bonds is 9. The van der Waals surface area contributed by atoms with Crippen LogP contribution in [0.4, 0.5) is 0 Å². The zero-order chi connectivity index (χ0) is 27.2. The van der Waals surface area contributed by atoms with Gasteiger partial charge >= 0.3 is 11.9 Å². The molecule has 2 aromatic carbocycles. The SMILES string of the molecule is CC(=O)O[C@H]1C[C@H](C[C@@H]2CC=CC(=O)O2)O[C@@H](CCO[Si](c2ccccc2)(c2ccccc2)C(C)(C)C)C1. The molecule has 0 spiro atoms. The number of ether oxygens (including phenoxy) is 3. The molecule has 0 bridgehead atoms. The van der Waals surface area contributed by atoms with E-state index in [1.165, 1.54) is 23.4 Å². The minimum Gasteiger partial charge on any atom is -0.462 e. The summed E-state index contributed by atoms with van der Waals surface area (Å²) in [7, 11) is -2.64. The third-order valence-electron chi connectivity index (χ3n) is 7.41. The minimum absolute atomic E-state index is 0.107. The maximum atomic E-state index is 11.8. The summed E-state index contributed by atoms with van der Waals surface area (Å²) in [5.41, 5.74) is 0. The number of hydrogen-bond donors (Lipinski definition) is 0. The Hall–Kier alpha value is -2.74. The van der Waals surface area contributed by atoms with Crippen molar-refractivity contribution in [2.24, 2.45) is 0 Å². The molecule has 7 heteroatoms. The lowest BCUT2D eigenvalue weighted by molar-refractivity contribution is -0.164. The largest absolute Gasteiger partial charge is 0.462 e. The molecule has 0 unspecified atom stereocenters. The number of carbonyl (C=O) groups is 2. The summed E-state index contributed by atoms with van der Waals surface area (Å²) in [5.74, 6) is -0.603. The molecule has 0 amide bonds. The van der Waals surface area contributed by atoms with Crippen molar-refractivity contribution < 1.29 is 28.2 Å². The molecule has 1 fully saturated rings. The summed E-state index contributed by atoms with van der Waals surface area (Å²) in [6.07, 6.45) is 5.76. The van der Waals surface area contributed by atoms with Crippen molar-refractivity contribution in [3.63, 3.8) is 0 Å². The first-order valence-electron chi connectivity index (χ1n) is 13.6. The summed E-state index contributed by atoms with van der Waals surface area (Å²) in [6, 6.07) is 21.2. The van der Waals surface area contributed by atoms with Crippen molar-refractivity contribution in [1.82, 2.24) is 0 Å². The summed E-state index contributed by atoms with van der Waals surface area (Å²) in [4.78, 5) is 23.5. The molecule has 0 N–H and O–H groups in total. The van der Waals surface area contributed by atoms with E-state index in [1.54, 1.807) is 0 Å². The second-order valence-corrected chi connectivity index (χ2v) is 15.6. The van der Waals surface area contributed by atoms with E-state index in [2.05, 4.69) is 69.3 Å². The van der Waals surface area contributed by atoms with Gasteiger partial charge in [0.25, 0.3) is 8.32 Å². The number of hydrogen-bond acceptors (Lipinski definition) is 6. The molecule has 0 radical (unpaired) electrons. The van der Waals surface area contributed by atoms with E-state index in [0.717, 1.165) is 0 Å². The molecule has 204 valence electrons. The van der Waals surface area contributed by atoms with Gasteiger partial charge in [0.05, 0.1) is 12.2 Å². The van der Waals surface area contributed by atoms with E-state index in [-0.39, 0.29) is 41.4 Å². The fourth-order valence-corrected chi connectivity index (χ4v) is 10.4. The van der Waals surface area contributed by atoms with Crippen molar-refractivity contribution >= 4 is 30.6 Å². The number of cyclic esters (lactones) is 1. The number of esters is 2. The van der Waals surface area contributed by atoms with Crippen LogP contribution in [0.2, 0.25) is 5.04 Å². The normalized spacial score (nSPS) is 24.1. The smallest absolute Gasteiger partial charge is 0.330 e. The van der Waals surface area contributed by atoms with Crippen LogP contribution in [-0.2, 0) is 28.2 Å². The molecular weight excluding hydrogens is 496 g/mol. The van der Waals surface area contributed by atoms with Crippen LogP contribution in [0.5, 0.6) is 0 Å². The van der Waals surface area contributed by atoms with Gasteiger partial charge in [-0.2, -0.15) is 0 Å². The Kier molecular flexibility index (Phi) is 9.23. The topological polar surface area (TPSA) is 71.1 Å². The molecule has 4 atom stereocenters. The van der Waals surface area contributed by atoms with E-state index in [0.29, 0.717) is 38.7 Å². The second-order valence-electron chi connectivity index (χ2n) is 11.3. The van der Waals surface area contributed by atoms with Gasteiger partial charge in [-0.1, -0.05) is 87.5 Å². The van der Waals surface area contributed by atoms with Crippen molar-refractivity contribution in [1.29, 1.82) is 0 Å². The molecule has 38 heavy (non-hydrogen) atoms. The van der Waals surface area contributed by atoms with Crippen LogP contribution in [0, 0.1) is 0 Å². The van der Waals surface area contributed by atoms with Crippen LogP contribution in [0.25, 0.3) is 0 Å². The van der Waals surface area contributed by atoms with Crippen molar-refractivity contribution in [3.05, 3.63) is 72.8 Å². The third-order valence-corrected chi connectivity index (χ3v) is 12.4. The Bertz CT molecular complexity index is 1050. The Labute approximate surface area is 227 Å². The summed E-state index contributed by atoms with van der Waals surface area (Å²) >= 11 is 0. The maximum absolute atomic E-state index is 11.8. The van der Waals surface area contributed by atoms with Gasteiger partial charge in [0.15, 0.2) is 0 Å². The van der Waals surface area contributed by atoms with Gasteiger partial charge in [-0.25, -0.2) is 4.79 Å². The zero-order valence-corrected chi connectivity index (χ0v) is 23.9. The highest BCUT2D eigenvalue weighted by atomic mass is 28.4. The molecule has 6 nitrogen and oxygen atoms in total. The first kappa shape index (κ1) is 28.3. The molecular formula is C31H40O6Si. The van der Waals surface area contributed by atoms with Gasteiger partial charge in [0.1, 0.15) is 12.2 Å². The second kappa shape index (κ2) is 12.4. The molecule has 0 aromatic heterocycles. The van der Waals surface area contributed by atoms with Crippen LogP contribution in [-0.4, -0.2) is 51.3 Å². The quantitative estimate of drug-likeness (QED) is 0.342. The number of benzene rings is 2. The van der Waals surface area contributed by atoms with E-state index in [9.17, 15) is 9.59 Å². The predicted octanol–water partition coefficient (Wildman–Crippen LogP) is 4.69. The first-order valence-corrected chi connectivity index (χ1v) is 15.5. The van der Waals surface area contributed by atoms with E-state index < -0.39 is 8.32 Å². The lowest BCUT2D eigenvalue weighted by Gasteiger charge is -2.43. The fourth-order valence-electron chi connectivity index (χ4n) is 5.84. The van der Waals surface area contributed by atoms with Crippen LogP contribution >= 0.6 is 0 Å². The lowest BCUT2D eigenvalue weighted by Crippen LogP contribution is -2.66. The van der Waals surface area contributed by atoms with Crippen LogP contribution in [0.15, 0.2) is 72.8 Å². The first-order chi connectivity index (χ1) is 18.2. The summed E-state index contributed by atoms with van der Waals surface area (Å²) in [6.45, 7) is 8.77. The van der Waals surface area contributed by atoms with Gasteiger partial charge in [0.2, 0.25) is 0 Å². The number of carbonyl (C=O) groups excluding carboxylic acids is 2. The van der Waals surface area contributed by atoms with Gasteiger partial charge in [0, 0.05) is 45.3 Å². The summed E-state index contributed by atoms with van der Waals surface area (Å²) < 4.78 is 24.6. The lowest BCUT2D eigenvalue weighted by atomic mass is 9.94. The Morgan fingerprint density at radius 2 is 1.55 bits per heavy atom. The molecule has 2 aliphatic rings. The molecule has 0 aliphatic carbocycles. The van der Waals surface area contributed by atoms with E-state index in [1.807, 2.05) is 18.2 Å². The molecule has 0 saturated carbocycles. The maximum Gasteiger partial charge on any atom is 0.330 e. The van der Waals surface area contributed by atoms with Crippen molar-refractivity contribution in [2.75, 3.05) is 6.61 Å². The monoisotopic (exact) mass is 536 g/mol. The molecule has 2 aliphatic heterocycles. The zero-order valence-electron chi connectivity index (χ0n) is 22.9. The average molecular weight is 537 g/mol. The minimum atomic E-state index is -2.64. The van der Waals surface area contributed by atoms with Gasteiger partial charge in [-0.3, -0.25) is 4.79 Å². The highest BCUT2D eigenvalue weighted by molar-refractivity contribution is 6.99. The molecule has 4 rings (SSSR count). The third kappa shape index (κ3) is 6.82. The van der Waals surface area contributed by atoms with Gasteiger partial charge < -0.3 is 18.6 Å². The predicted molar refractivity (Wildman–Crippen MR) is 150 cm³/mol. The molecule has 1 saturated heterocycles. The highest BCUT2D eigenvalue weighted by Crippen LogP contribution is 2.37. The Morgan fingerprint density at radius 3 is 2.11 bits per heavy atom. The van der Waals surface area contributed by atoms with Gasteiger partial charge in [-0.15, -0.1) is 0 Å². The standard InChI is InChI=1S/C31H40O6Si/c1-23(32)35-26-21-25(36-27(22-26)20-24-12-11-17-30(33)37-24)18-19-34-38(31(2,3)4,28-13-7-5-8-14-28)29-15-9-6-10-16-29/h5-11,13-17,24-27H,12,18-22H2,1-4H3/t24-,25-,26+,27-/m0/s1. The van der Waals surface area contributed by atoms with Crippen molar-refractivity contribution in [2.45, 2.75) is 89.3 Å². The van der Waals surface area contributed by atoms with Crippen molar-refractivity contribution in [3.8, 4) is 0 Å². The fraction of sp³-hybridized carbons (Fsp3) is 0.484. The van der Waals surface area contributed by atoms with E-state index >= 15 is 0 Å². The molecule has 2 heterocycles.